The van der Waals surface area contributed by atoms with Crippen LogP contribution >= 0.6 is 0 Å². The molecule has 2 rings (SSSR count). The average Bonchev–Trinajstić information content (AvgIpc) is 2.82. The van der Waals surface area contributed by atoms with Crippen molar-refractivity contribution in [3.8, 4) is 5.75 Å². The average molecular weight is 235 g/mol. The van der Waals surface area contributed by atoms with E-state index in [0.717, 1.165) is 25.9 Å². The van der Waals surface area contributed by atoms with Gasteiger partial charge in [-0.3, -0.25) is 4.79 Å². The summed E-state index contributed by atoms with van der Waals surface area (Å²) in [5.74, 6) is -0.0457. The van der Waals surface area contributed by atoms with Crippen LogP contribution in [0.15, 0.2) is 24.3 Å². The molecule has 2 N–H and O–H groups in total. The van der Waals surface area contributed by atoms with Gasteiger partial charge in [-0.15, -0.1) is 0 Å². The van der Waals surface area contributed by atoms with E-state index >= 15 is 0 Å². The standard InChI is InChI=1S/C13H17NO3/c15-11-4-1-3-10(9-11)13(16)14-7-6-12-5-2-8-17-12/h1,3-4,9,12,15H,2,5-8H2,(H,14,16). The minimum atomic E-state index is -0.154. The van der Waals surface area contributed by atoms with Crippen LogP contribution in [-0.4, -0.2) is 30.3 Å². The first-order valence-electron chi connectivity index (χ1n) is 5.94. The molecule has 4 heteroatoms. The Morgan fingerprint density at radius 3 is 3.12 bits per heavy atom. The molecule has 1 aromatic rings. The predicted molar refractivity (Wildman–Crippen MR) is 64.0 cm³/mol. The van der Waals surface area contributed by atoms with Crippen molar-refractivity contribution in [3.05, 3.63) is 29.8 Å². The maximum Gasteiger partial charge on any atom is 0.251 e. The van der Waals surface area contributed by atoms with Crippen LogP contribution < -0.4 is 5.32 Å². The molecule has 1 unspecified atom stereocenters. The van der Waals surface area contributed by atoms with Crippen LogP contribution in [0.2, 0.25) is 0 Å². The van der Waals surface area contributed by atoms with Gasteiger partial charge in [0.1, 0.15) is 5.75 Å². The summed E-state index contributed by atoms with van der Waals surface area (Å²) in [4.78, 5) is 11.7. The van der Waals surface area contributed by atoms with Gasteiger partial charge < -0.3 is 15.2 Å². The first-order valence-corrected chi connectivity index (χ1v) is 5.94. The highest BCUT2D eigenvalue weighted by atomic mass is 16.5. The SMILES string of the molecule is O=C(NCCC1CCCO1)c1cccc(O)c1. The fourth-order valence-corrected chi connectivity index (χ4v) is 1.97. The first-order chi connectivity index (χ1) is 8.25. The third-order valence-electron chi connectivity index (χ3n) is 2.88. The highest BCUT2D eigenvalue weighted by Crippen LogP contribution is 2.14. The van der Waals surface area contributed by atoms with Gasteiger partial charge in [0.2, 0.25) is 0 Å². The maximum absolute atomic E-state index is 11.7. The van der Waals surface area contributed by atoms with E-state index in [1.807, 2.05) is 0 Å². The number of hydrogen-bond donors (Lipinski definition) is 2. The highest BCUT2D eigenvalue weighted by molar-refractivity contribution is 5.94. The van der Waals surface area contributed by atoms with Crippen molar-refractivity contribution >= 4 is 5.91 Å². The topological polar surface area (TPSA) is 58.6 Å². The van der Waals surface area contributed by atoms with Gasteiger partial charge in [0.15, 0.2) is 0 Å². The number of aromatic hydroxyl groups is 1. The molecular formula is C13H17NO3. The van der Waals surface area contributed by atoms with Crippen molar-refractivity contribution in [2.45, 2.75) is 25.4 Å². The molecule has 17 heavy (non-hydrogen) atoms. The van der Waals surface area contributed by atoms with Gasteiger partial charge in [-0.05, 0) is 37.5 Å². The molecule has 0 aliphatic carbocycles. The zero-order valence-corrected chi connectivity index (χ0v) is 9.69. The Labute approximate surface area is 101 Å². The number of hydrogen-bond acceptors (Lipinski definition) is 3. The fraction of sp³-hybridized carbons (Fsp3) is 0.462. The summed E-state index contributed by atoms with van der Waals surface area (Å²) in [5.41, 5.74) is 0.484. The van der Waals surface area contributed by atoms with Gasteiger partial charge in [0.25, 0.3) is 5.91 Å². The smallest absolute Gasteiger partial charge is 0.251 e. The van der Waals surface area contributed by atoms with Crippen molar-refractivity contribution in [2.24, 2.45) is 0 Å². The second-order valence-electron chi connectivity index (χ2n) is 4.23. The number of amides is 1. The lowest BCUT2D eigenvalue weighted by Crippen LogP contribution is -2.26. The van der Waals surface area contributed by atoms with E-state index in [4.69, 9.17) is 4.74 Å². The van der Waals surface area contributed by atoms with Crippen LogP contribution in [0, 0.1) is 0 Å². The minimum absolute atomic E-state index is 0.108. The Kier molecular flexibility index (Phi) is 3.98. The molecule has 0 bridgehead atoms. The molecule has 1 aromatic carbocycles. The van der Waals surface area contributed by atoms with Crippen LogP contribution in [0.1, 0.15) is 29.6 Å². The first kappa shape index (κ1) is 11.9. The molecule has 1 heterocycles. The van der Waals surface area contributed by atoms with E-state index in [9.17, 15) is 9.90 Å². The van der Waals surface area contributed by atoms with E-state index in [0.29, 0.717) is 18.2 Å². The van der Waals surface area contributed by atoms with Crippen molar-refractivity contribution < 1.29 is 14.6 Å². The largest absolute Gasteiger partial charge is 0.508 e. The summed E-state index contributed by atoms with van der Waals surface area (Å²) in [6, 6.07) is 6.34. The lowest BCUT2D eigenvalue weighted by molar-refractivity contribution is 0.0907. The van der Waals surface area contributed by atoms with Crippen LogP contribution in [0.25, 0.3) is 0 Å². The molecule has 1 fully saturated rings. The number of nitrogens with one attached hydrogen (secondary N) is 1. The van der Waals surface area contributed by atoms with Crippen LogP contribution in [0.4, 0.5) is 0 Å². The molecule has 1 aliphatic rings. The quantitative estimate of drug-likeness (QED) is 0.835. The third-order valence-corrected chi connectivity index (χ3v) is 2.88. The van der Waals surface area contributed by atoms with Gasteiger partial charge in [-0.2, -0.15) is 0 Å². The van der Waals surface area contributed by atoms with Gasteiger partial charge in [-0.1, -0.05) is 6.07 Å². The molecule has 1 saturated heterocycles. The zero-order chi connectivity index (χ0) is 12.1. The lowest BCUT2D eigenvalue weighted by atomic mass is 10.1. The third kappa shape index (κ3) is 3.46. The Hall–Kier alpha value is -1.55. The fourth-order valence-electron chi connectivity index (χ4n) is 1.97. The number of phenolic OH excluding ortho intramolecular Hbond substituents is 1. The molecule has 1 atom stereocenters. The number of carbonyl (C=O) groups is 1. The second kappa shape index (κ2) is 5.68. The summed E-state index contributed by atoms with van der Waals surface area (Å²) >= 11 is 0. The van der Waals surface area contributed by atoms with Gasteiger partial charge in [0, 0.05) is 18.7 Å². The van der Waals surface area contributed by atoms with Crippen LogP contribution in [0.5, 0.6) is 5.75 Å². The number of ether oxygens (including phenoxy) is 1. The van der Waals surface area contributed by atoms with Crippen molar-refractivity contribution in [3.63, 3.8) is 0 Å². The van der Waals surface area contributed by atoms with Gasteiger partial charge in [0.05, 0.1) is 6.10 Å². The highest BCUT2D eigenvalue weighted by Gasteiger charge is 2.15. The molecule has 0 spiro atoms. The summed E-state index contributed by atoms with van der Waals surface area (Å²) in [6.45, 7) is 1.45. The molecule has 4 nitrogen and oxygen atoms in total. The molecule has 92 valence electrons. The second-order valence-corrected chi connectivity index (χ2v) is 4.23. The number of rotatable bonds is 4. The van der Waals surface area contributed by atoms with E-state index in [-0.39, 0.29) is 11.7 Å². The summed E-state index contributed by atoms with van der Waals surface area (Å²) in [7, 11) is 0. The molecule has 0 aromatic heterocycles. The zero-order valence-electron chi connectivity index (χ0n) is 9.69. The Balaban J connectivity index is 1.77. The van der Waals surface area contributed by atoms with Gasteiger partial charge in [-0.25, -0.2) is 0 Å². The monoisotopic (exact) mass is 235 g/mol. The Bertz CT molecular complexity index is 386. The van der Waals surface area contributed by atoms with E-state index in [2.05, 4.69) is 5.32 Å². The van der Waals surface area contributed by atoms with Crippen molar-refractivity contribution in [1.29, 1.82) is 0 Å². The predicted octanol–water partition coefficient (Wildman–Crippen LogP) is 1.69. The molecular weight excluding hydrogens is 218 g/mol. The summed E-state index contributed by atoms with van der Waals surface area (Å²) in [5, 5.41) is 12.1. The molecule has 0 saturated carbocycles. The van der Waals surface area contributed by atoms with E-state index < -0.39 is 0 Å². The van der Waals surface area contributed by atoms with Crippen LogP contribution in [-0.2, 0) is 4.74 Å². The number of benzene rings is 1. The Morgan fingerprint density at radius 2 is 2.41 bits per heavy atom. The van der Waals surface area contributed by atoms with E-state index in [1.54, 1.807) is 18.2 Å². The molecule has 1 aliphatic heterocycles. The van der Waals surface area contributed by atoms with Crippen molar-refractivity contribution in [2.75, 3.05) is 13.2 Å². The van der Waals surface area contributed by atoms with Crippen molar-refractivity contribution in [1.82, 2.24) is 5.32 Å². The van der Waals surface area contributed by atoms with Crippen LogP contribution in [0.3, 0.4) is 0 Å². The molecule has 0 radical (unpaired) electrons. The number of phenols is 1. The molecule has 1 amide bonds. The number of carbonyl (C=O) groups excluding carboxylic acids is 1. The Morgan fingerprint density at radius 1 is 1.53 bits per heavy atom. The normalized spacial score (nSPS) is 19.2. The van der Waals surface area contributed by atoms with Gasteiger partial charge >= 0.3 is 0 Å². The van der Waals surface area contributed by atoms with E-state index in [1.165, 1.54) is 6.07 Å². The summed E-state index contributed by atoms with van der Waals surface area (Å²) < 4.78 is 5.47. The minimum Gasteiger partial charge on any atom is -0.508 e. The maximum atomic E-state index is 11.7. The summed E-state index contributed by atoms with van der Waals surface area (Å²) in [6.07, 6.45) is 3.34. The lowest BCUT2D eigenvalue weighted by Gasteiger charge is -2.10.